The Morgan fingerprint density at radius 2 is 1.71 bits per heavy atom. The lowest BCUT2D eigenvalue weighted by Crippen LogP contribution is -2.23. The summed E-state index contributed by atoms with van der Waals surface area (Å²) in [7, 11) is 0. The van der Waals surface area contributed by atoms with Crippen molar-refractivity contribution in [3.8, 4) is 0 Å². The van der Waals surface area contributed by atoms with Crippen molar-refractivity contribution >= 4 is 34.2 Å². The van der Waals surface area contributed by atoms with Crippen LogP contribution in [-0.4, -0.2) is 15.5 Å². The number of imidazole rings is 1. The van der Waals surface area contributed by atoms with Gasteiger partial charge < -0.3 is 9.88 Å². The van der Waals surface area contributed by atoms with Gasteiger partial charge in [-0.1, -0.05) is 23.7 Å². The normalized spacial score (nSPS) is 12.4. The molecule has 0 fully saturated rings. The number of para-hydroxylation sites is 2. The van der Waals surface area contributed by atoms with Crippen molar-refractivity contribution in [3.05, 3.63) is 58.9 Å². The van der Waals surface area contributed by atoms with Gasteiger partial charge in [0.15, 0.2) is 0 Å². The molecule has 0 aliphatic carbocycles. The first kappa shape index (κ1) is 20.0. The minimum atomic E-state index is -4.83. The van der Waals surface area contributed by atoms with Crippen LogP contribution in [0.4, 0.5) is 32.0 Å². The molecular formula is C17H10ClF6N3O. The van der Waals surface area contributed by atoms with Gasteiger partial charge >= 0.3 is 12.4 Å². The van der Waals surface area contributed by atoms with Gasteiger partial charge in [0, 0.05) is 0 Å². The van der Waals surface area contributed by atoms with E-state index in [0.717, 1.165) is 12.1 Å². The van der Waals surface area contributed by atoms with Gasteiger partial charge in [-0.25, -0.2) is 4.98 Å². The summed E-state index contributed by atoms with van der Waals surface area (Å²) in [6.45, 7) is -0.818. The molecule has 1 aromatic heterocycles. The highest BCUT2D eigenvalue weighted by atomic mass is 35.5. The average molecular weight is 422 g/mol. The van der Waals surface area contributed by atoms with Crippen molar-refractivity contribution in [1.82, 2.24) is 9.55 Å². The summed E-state index contributed by atoms with van der Waals surface area (Å²) in [4.78, 5) is 15.7. The number of fused-ring (bicyclic) bond motifs is 1. The van der Waals surface area contributed by atoms with E-state index in [1.54, 1.807) is 0 Å². The van der Waals surface area contributed by atoms with Crippen molar-refractivity contribution in [2.24, 2.45) is 0 Å². The van der Waals surface area contributed by atoms with Crippen molar-refractivity contribution in [1.29, 1.82) is 0 Å². The van der Waals surface area contributed by atoms with E-state index < -0.39 is 36.2 Å². The highest BCUT2D eigenvalue weighted by Crippen LogP contribution is 2.34. The minimum absolute atomic E-state index is 0.0275. The number of amides is 1. The summed E-state index contributed by atoms with van der Waals surface area (Å²) in [5.74, 6) is -2.28. The van der Waals surface area contributed by atoms with Gasteiger partial charge in [0.1, 0.15) is 6.54 Å². The zero-order chi connectivity index (χ0) is 20.7. The molecule has 28 heavy (non-hydrogen) atoms. The molecule has 0 aliphatic rings. The molecule has 0 atom stereocenters. The molecule has 4 nitrogen and oxygen atoms in total. The number of nitrogens with zero attached hydrogens (tertiary/aromatic N) is 2. The molecule has 0 radical (unpaired) electrons. The van der Waals surface area contributed by atoms with Gasteiger partial charge in [-0.3, -0.25) is 4.79 Å². The number of carbonyl (C=O) groups is 1. The van der Waals surface area contributed by atoms with Crippen molar-refractivity contribution < 1.29 is 31.1 Å². The van der Waals surface area contributed by atoms with Crippen LogP contribution >= 0.6 is 11.6 Å². The Hall–Kier alpha value is -2.75. The monoisotopic (exact) mass is 421 g/mol. The van der Waals surface area contributed by atoms with Gasteiger partial charge in [0.05, 0.1) is 27.3 Å². The Kier molecular flexibility index (Phi) is 5.00. The average Bonchev–Trinajstić information content (AvgIpc) is 2.95. The SMILES string of the molecule is O=C(Cn1c(C(F)(F)F)nc2ccccc21)Nc1cc(C(F)(F)F)ccc1Cl. The van der Waals surface area contributed by atoms with Crippen molar-refractivity contribution in [3.63, 3.8) is 0 Å². The van der Waals surface area contributed by atoms with Crippen LogP contribution in [0.3, 0.4) is 0 Å². The number of rotatable bonds is 3. The summed E-state index contributed by atoms with van der Waals surface area (Å²) in [6, 6.07) is 7.93. The Morgan fingerprint density at radius 1 is 1.04 bits per heavy atom. The predicted octanol–water partition coefficient (Wildman–Crippen LogP) is 5.37. The van der Waals surface area contributed by atoms with Gasteiger partial charge in [0.2, 0.25) is 11.7 Å². The molecule has 0 aliphatic heterocycles. The number of alkyl halides is 6. The molecule has 0 saturated heterocycles. The van der Waals surface area contributed by atoms with E-state index in [9.17, 15) is 31.1 Å². The largest absolute Gasteiger partial charge is 0.449 e. The third-order valence-corrected chi connectivity index (χ3v) is 4.11. The first-order valence-corrected chi connectivity index (χ1v) is 8.03. The topological polar surface area (TPSA) is 46.9 Å². The zero-order valence-corrected chi connectivity index (χ0v) is 14.5. The Balaban J connectivity index is 1.93. The van der Waals surface area contributed by atoms with Crippen LogP contribution < -0.4 is 5.32 Å². The summed E-state index contributed by atoms with van der Waals surface area (Å²) in [5.41, 5.74) is -1.34. The van der Waals surface area contributed by atoms with Crippen molar-refractivity contribution in [2.45, 2.75) is 18.9 Å². The molecule has 1 amide bonds. The summed E-state index contributed by atoms with van der Waals surface area (Å²) >= 11 is 5.79. The van der Waals surface area contributed by atoms with E-state index in [1.807, 2.05) is 0 Å². The predicted molar refractivity (Wildman–Crippen MR) is 89.8 cm³/mol. The number of halogens is 7. The second kappa shape index (κ2) is 7.01. The lowest BCUT2D eigenvalue weighted by molar-refractivity contribution is -0.147. The molecule has 0 bridgehead atoms. The van der Waals surface area contributed by atoms with E-state index in [4.69, 9.17) is 11.6 Å². The molecule has 1 heterocycles. The van der Waals surface area contributed by atoms with E-state index in [0.29, 0.717) is 10.6 Å². The molecule has 3 aromatic rings. The quantitative estimate of drug-likeness (QED) is 0.578. The lowest BCUT2D eigenvalue weighted by atomic mass is 10.2. The molecule has 2 aromatic carbocycles. The fourth-order valence-corrected chi connectivity index (χ4v) is 2.75. The molecule has 0 unspecified atom stereocenters. The van der Waals surface area contributed by atoms with Crippen molar-refractivity contribution in [2.75, 3.05) is 5.32 Å². The fourth-order valence-electron chi connectivity index (χ4n) is 2.58. The van der Waals surface area contributed by atoms with E-state index in [-0.39, 0.29) is 21.7 Å². The zero-order valence-electron chi connectivity index (χ0n) is 13.7. The van der Waals surface area contributed by atoms with Crippen LogP contribution in [-0.2, 0) is 23.7 Å². The number of benzene rings is 2. The van der Waals surface area contributed by atoms with Crippen LogP contribution in [0, 0.1) is 0 Å². The van der Waals surface area contributed by atoms with Crippen LogP contribution in [0.15, 0.2) is 42.5 Å². The second-order valence-electron chi connectivity index (χ2n) is 5.75. The first-order valence-electron chi connectivity index (χ1n) is 7.66. The smallest absolute Gasteiger partial charge is 0.323 e. The molecule has 0 spiro atoms. The Labute approximate surface area is 158 Å². The maximum Gasteiger partial charge on any atom is 0.449 e. The highest BCUT2D eigenvalue weighted by molar-refractivity contribution is 6.33. The van der Waals surface area contributed by atoms with Gasteiger partial charge in [0.25, 0.3) is 0 Å². The molecule has 148 valence electrons. The Bertz CT molecular complexity index is 1040. The van der Waals surface area contributed by atoms with Crippen LogP contribution in [0.2, 0.25) is 5.02 Å². The molecular weight excluding hydrogens is 412 g/mol. The molecule has 11 heteroatoms. The number of anilines is 1. The minimum Gasteiger partial charge on any atom is -0.323 e. The van der Waals surface area contributed by atoms with Crippen LogP contribution in [0.1, 0.15) is 11.4 Å². The van der Waals surface area contributed by atoms with Gasteiger partial charge in [-0.05, 0) is 30.3 Å². The second-order valence-corrected chi connectivity index (χ2v) is 6.16. The maximum atomic E-state index is 13.3. The molecule has 0 saturated carbocycles. The molecule has 1 N–H and O–H groups in total. The van der Waals surface area contributed by atoms with Gasteiger partial charge in [-0.15, -0.1) is 0 Å². The number of hydrogen-bond acceptors (Lipinski definition) is 2. The van der Waals surface area contributed by atoms with E-state index in [2.05, 4.69) is 10.3 Å². The summed E-state index contributed by atoms with van der Waals surface area (Å²) in [5, 5.41) is 1.93. The summed E-state index contributed by atoms with van der Waals surface area (Å²) < 4.78 is 78.8. The van der Waals surface area contributed by atoms with Crippen LogP contribution in [0.25, 0.3) is 11.0 Å². The number of carbonyl (C=O) groups excluding carboxylic acids is 1. The molecule has 3 rings (SSSR count). The maximum absolute atomic E-state index is 13.3. The lowest BCUT2D eigenvalue weighted by Gasteiger charge is -2.14. The number of aromatic nitrogens is 2. The third kappa shape index (κ3) is 4.06. The highest BCUT2D eigenvalue weighted by Gasteiger charge is 2.38. The summed E-state index contributed by atoms with van der Waals surface area (Å²) in [6.07, 6.45) is -9.50. The first-order chi connectivity index (χ1) is 13.0. The number of hydrogen-bond donors (Lipinski definition) is 1. The Morgan fingerprint density at radius 3 is 2.36 bits per heavy atom. The third-order valence-electron chi connectivity index (χ3n) is 3.78. The van der Waals surface area contributed by atoms with Crippen LogP contribution in [0.5, 0.6) is 0 Å². The van der Waals surface area contributed by atoms with E-state index >= 15 is 0 Å². The number of nitrogens with one attached hydrogen (secondary N) is 1. The van der Waals surface area contributed by atoms with E-state index in [1.165, 1.54) is 24.3 Å². The van der Waals surface area contributed by atoms with Gasteiger partial charge in [-0.2, -0.15) is 26.3 Å². The fraction of sp³-hybridized carbons (Fsp3) is 0.176. The standard InChI is InChI=1S/C17H10ClF6N3O/c18-10-6-5-9(16(19,20)21)7-12(10)25-14(28)8-27-13-4-2-1-3-11(13)26-15(27)17(22,23)24/h1-7H,8H2,(H,25,28).